The van der Waals surface area contributed by atoms with Gasteiger partial charge in [-0.25, -0.2) is 22.7 Å². The number of piperidine rings is 1. The number of aryl methyl sites for hydroxylation is 4. The molecular weight excluding hydrogens is 550 g/mol. The molecule has 7 rings (SSSR count). The molecule has 0 unspecified atom stereocenters. The summed E-state index contributed by atoms with van der Waals surface area (Å²) in [6.45, 7) is 1.04. The van der Waals surface area contributed by atoms with Gasteiger partial charge in [-0.05, 0) is 42.4 Å². The summed E-state index contributed by atoms with van der Waals surface area (Å²) in [4.78, 5) is 9.81. The van der Waals surface area contributed by atoms with Crippen molar-refractivity contribution in [3.8, 4) is 33.6 Å². The lowest BCUT2D eigenvalue weighted by Gasteiger charge is -2.30. The van der Waals surface area contributed by atoms with Gasteiger partial charge in [0.25, 0.3) is 0 Å². The highest BCUT2D eigenvalue weighted by Gasteiger charge is 2.28. The zero-order valence-electron chi connectivity index (χ0n) is 24.0. The molecule has 0 amide bonds. The van der Waals surface area contributed by atoms with Crippen molar-refractivity contribution in [2.45, 2.75) is 38.1 Å². The van der Waals surface area contributed by atoms with Crippen LogP contribution in [0.15, 0.2) is 55.2 Å². The van der Waals surface area contributed by atoms with Crippen molar-refractivity contribution < 1.29 is 8.42 Å². The van der Waals surface area contributed by atoms with Gasteiger partial charge in [0, 0.05) is 68.9 Å². The largest absolute Gasteiger partial charge is 0.275 e. The number of sulfonamides is 1. The molecule has 0 N–H and O–H groups in total. The molecule has 216 valence electrons. The Labute approximate surface area is 244 Å². The molecule has 2 aliphatic rings. The zero-order chi connectivity index (χ0) is 29.0. The number of aromatic nitrogens is 8. The monoisotopic (exact) mass is 583 g/mol. The highest BCUT2D eigenvalue weighted by Crippen LogP contribution is 2.39. The molecule has 0 spiro atoms. The second-order valence-electron chi connectivity index (χ2n) is 11.3. The third-order valence-corrected chi connectivity index (χ3v) is 9.69. The van der Waals surface area contributed by atoms with Gasteiger partial charge in [-0.2, -0.15) is 15.3 Å². The van der Waals surface area contributed by atoms with E-state index in [1.54, 1.807) is 4.31 Å². The molecule has 0 saturated carbocycles. The molecule has 1 saturated heterocycles. The summed E-state index contributed by atoms with van der Waals surface area (Å²) < 4.78 is 31.0. The van der Waals surface area contributed by atoms with Gasteiger partial charge < -0.3 is 0 Å². The second kappa shape index (κ2) is 10.3. The van der Waals surface area contributed by atoms with Crippen LogP contribution < -0.4 is 0 Å². The second-order valence-corrected chi connectivity index (χ2v) is 13.3. The summed E-state index contributed by atoms with van der Waals surface area (Å²) >= 11 is 0. The summed E-state index contributed by atoms with van der Waals surface area (Å²) in [5.74, 6) is 0.745. The van der Waals surface area contributed by atoms with Crippen molar-refractivity contribution in [1.29, 1.82) is 0 Å². The lowest BCUT2D eigenvalue weighted by Crippen LogP contribution is -2.38. The van der Waals surface area contributed by atoms with E-state index in [9.17, 15) is 8.42 Å². The lowest BCUT2D eigenvalue weighted by molar-refractivity contribution is 0.262. The molecule has 0 bridgehead atoms. The van der Waals surface area contributed by atoms with E-state index in [1.807, 2.05) is 59.1 Å². The van der Waals surface area contributed by atoms with Crippen LogP contribution in [-0.4, -0.2) is 71.4 Å². The van der Waals surface area contributed by atoms with Crippen LogP contribution in [0.25, 0.3) is 33.6 Å². The Morgan fingerprint density at radius 1 is 0.905 bits per heavy atom. The minimum Gasteiger partial charge on any atom is -0.275 e. The smallest absolute Gasteiger partial charge is 0.211 e. The number of hydrogen-bond donors (Lipinski definition) is 0. The number of benzene rings is 1. The SMILES string of the molecule is Cn1cc(-c2ccc(-c3c4c(nn3C)CCc3cnc(Cc5cnn(C6CCN(S(C)(=O)=O)CC6)c5)nc3-4)cc2)cn1. The Morgan fingerprint density at radius 2 is 1.67 bits per heavy atom. The first-order chi connectivity index (χ1) is 20.2. The van der Waals surface area contributed by atoms with Gasteiger partial charge in [0.1, 0.15) is 5.82 Å². The van der Waals surface area contributed by atoms with Crippen LogP contribution in [-0.2, 0) is 43.4 Å². The molecule has 1 aromatic carbocycles. The Hall–Kier alpha value is -4.16. The predicted octanol–water partition coefficient (Wildman–Crippen LogP) is 3.43. The molecule has 1 fully saturated rings. The average molecular weight is 584 g/mol. The molecule has 1 aliphatic carbocycles. The Bertz CT molecular complexity index is 1880. The Morgan fingerprint density at radius 3 is 2.38 bits per heavy atom. The Balaban J connectivity index is 1.14. The van der Waals surface area contributed by atoms with E-state index in [1.165, 1.54) is 6.26 Å². The summed E-state index contributed by atoms with van der Waals surface area (Å²) in [6.07, 6.45) is 14.8. The van der Waals surface area contributed by atoms with Crippen molar-refractivity contribution in [3.05, 3.63) is 77.9 Å². The molecule has 12 heteroatoms. The van der Waals surface area contributed by atoms with Crippen LogP contribution in [0.5, 0.6) is 0 Å². The van der Waals surface area contributed by atoms with Crippen molar-refractivity contribution in [2.75, 3.05) is 19.3 Å². The minimum atomic E-state index is -3.15. The zero-order valence-corrected chi connectivity index (χ0v) is 24.8. The molecular formula is C30H33N9O2S. The molecule has 1 aliphatic heterocycles. The fourth-order valence-corrected chi connectivity index (χ4v) is 7.07. The van der Waals surface area contributed by atoms with E-state index < -0.39 is 10.0 Å². The van der Waals surface area contributed by atoms with Gasteiger partial charge in [0.05, 0.1) is 41.8 Å². The van der Waals surface area contributed by atoms with Crippen LogP contribution in [0.3, 0.4) is 0 Å². The summed E-state index contributed by atoms with van der Waals surface area (Å²) in [5, 5.41) is 13.8. The number of rotatable bonds is 6. The standard InChI is InChI=1S/C30H33N9O2S/c1-36-19-24(17-32-36)21-4-6-22(7-5-21)30-28-26(35-37(30)2)9-8-23-16-31-27(34-29(23)28)14-20-15-33-39(18-20)25-10-12-38(13-11-25)42(3,40)41/h4-7,15-19,25H,8-14H2,1-3H3. The first kappa shape index (κ1) is 26.7. The molecule has 42 heavy (non-hydrogen) atoms. The Kier molecular flexibility index (Phi) is 6.54. The number of nitrogens with zero attached hydrogens (tertiary/aromatic N) is 9. The average Bonchev–Trinajstić information content (AvgIpc) is 3.71. The van der Waals surface area contributed by atoms with E-state index in [2.05, 4.69) is 34.5 Å². The fraction of sp³-hybridized carbons (Fsp3) is 0.367. The maximum Gasteiger partial charge on any atom is 0.211 e. The first-order valence-electron chi connectivity index (χ1n) is 14.2. The third-order valence-electron chi connectivity index (χ3n) is 8.38. The maximum absolute atomic E-state index is 11.9. The summed E-state index contributed by atoms with van der Waals surface area (Å²) in [7, 11) is 0.772. The highest BCUT2D eigenvalue weighted by atomic mass is 32.2. The third kappa shape index (κ3) is 4.94. The molecule has 0 radical (unpaired) electrons. The van der Waals surface area contributed by atoms with Crippen molar-refractivity contribution >= 4 is 10.0 Å². The van der Waals surface area contributed by atoms with Gasteiger partial charge in [-0.15, -0.1) is 0 Å². The molecule has 11 nitrogen and oxygen atoms in total. The van der Waals surface area contributed by atoms with Crippen LogP contribution >= 0.6 is 0 Å². The molecule has 5 heterocycles. The van der Waals surface area contributed by atoms with E-state index >= 15 is 0 Å². The summed E-state index contributed by atoms with van der Waals surface area (Å²) in [6, 6.07) is 8.73. The van der Waals surface area contributed by atoms with Gasteiger partial charge in [-0.1, -0.05) is 24.3 Å². The van der Waals surface area contributed by atoms with Crippen LogP contribution in [0, 0.1) is 0 Å². The van der Waals surface area contributed by atoms with E-state index in [4.69, 9.17) is 15.1 Å². The van der Waals surface area contributed by atoms with Gasteiger partial charge >= 0.3 is 0 Å². The molecule has 0 atom stereocenters. The normalized spacial score (nSPS) is 16.0. The quantitative estimate of drug-likeness (QED) is 0.301. The molecule has 5 aromatic rings. The summed E-state index contributed by atoms with van der Waals surface area (Å²) in [5.41, 5.74) is 9.64. The van der Waals surface area contributed by atoms with Crippen LogP contribution in [0.2, 0.25) is 0 Å². The van der Waals surface area contributed by atoms with Gasteiger partial charge in [0.15, 0.2) is 0 Å². The number of hydrogen-bond acceptors (Lipinski definition) is 7. The van der Waals surface area contributed by atoms with Crippen molar-refractivity contribution in [1.82, 2.24) is 43.6 Å². The van der Waals surface area contributed by atoms with E-state index in [0.717, 1.165) is 82.0 Å². The molecule has 4 aromatic heterocycles. The minimum absolute atomic E-state index is 0.186. The first-order valence-corrected chi connectivity index (χ1v) is 16.1. The van der Waals surface area contributed by atoms with Crippen molar-refractivity contribution in [3.63, 3.8) is 0 Å². The predicted molar refractivity (Wildman–Crippen MR) is 159 cm³/mol. The van der Waals surface area contributed by atoms with E-state index in [0.29, 0.717) is 19.5 Å². The van der Waals surface area contributed by atoms with E-state index in [-0.39, 0.29) is 6.04 Å². The van der Waals surface area contributed by atoms with Crippen LogP contribution in [0.1, 0.15) is 41.5 Å². The maximum atomic E-state index is 11.9. The number of fused-ring (bicyclic) bond motifs is 3. The van der Waals surface area contributed by atoms with Crippen LogP contribution in [0.4, 0.5) is 0 Å². The van der Waals surface area contributed by atoms with Crippen molar-refractivity contribution in [2.24, 2.45) is 14.1 Å². The highest BCUT2D eigenvalue weighted by molar-refractivity contribution is 7.88. The van der Waals surface area contributed by atoms with Gasteiger partial charge in [0.2, 0.25) is 10.0 Å². The fourth-order valence-electron chi connectivity index (χ4n) is 6.20. The topological polar surface area (TPSA) is 117 Å². The lowest BCUT2D eigenvalue weighted by atomic mass is 9.91. The van der Waals surface area contributed by atoms with Gasteiger partial charge in [-0.3, -0.25) is 14.0 Å².